The van der Waals surface area contributed by atoms with E-state index < -0.39 is 11.2 Å². The lowest BCUT2D eigenvalue weighted by molar-refractivity contribution is 0.251. The largest absolute Gasteiger partial charge is 0.611 e. The summed E-state index contributed by atoms with van der Waals surface area (Å²) in [7, 11) is 0. The number of aromatic amines is 1. The molecule has 0 aromatic carbocycles. The van der Waals surface area contributed by atoms with Gasteiger partial charge in [-0.1, -0.05) is 13.0 Å². The van der Waals surface area contributed by atoms with E-state index in [9.17, 15) is 4.55 Å². The molecule has 1 N–H and O–H groups in total. The van der Waals surface area contributed by atoms with Gasteiger partial charge in [-0.05, 0) is 54.9 Å². The van der Waals surface area contributed by atoms with Crippen LogP contribution in [0.2, 0.25) is 0 Å². The Hall–Kier alpha value is -1.00. The van der Waals surface area contributed by atoms with Crippen molar-refractivity contribution in [2.24, 2.45) is 11.8 Å². The second-order valence-electron chi connectivity index (χ2n) is 4.84. The fourth-order valence-electron chi connectivity index (χ4n) is 2.11. The van der Waals surface area contributed by atoms with Crippen LogP contribution < -0.4 is 0 Å². The van der Waals surface area contributed by atoms with Gasteiger partial charge in [-0.15, -0.1) is 0 Å². The smallest absolute Gasteiger partial charge is 0.154 e. The van der Waals surface area contributed by atoms with E-state index in [4.69, 9.17) is 0 Å². The predicted octanol–water partition coefficient (Wildman–Crippen LogP) is 3.16. The lowest BCUT2D eigenvalue weighted by Crippen LogP contribution is -2.22. The topological polar surface area (TPSA) is 51.7 Å². The zero-order chi connectivity index (χ0) is 13.0. The van der Waals surface area contributed by atoms with Crippen molar-refractivity contribution in [2.75, 3.05) is 0 Å². The zero-order valence-corrected chi connectivity index (χ0v) is 11.7. The summed E-state index contributed by atoms with van der Waals surface area (Å²) in [5.74, 6) is 1.81. The first-order valence-corrected chi connectivity index (χ1v) is 7.73. The Morgan fingerprint density at radius 2 is 2.44 bits per heavy atom. The molecule has 1 fully saturated rings. The minimum absolute atomic E-state index is 0.487. The van der Waals surface area contributed by atoms with Gasteiger partial charge in [-0.2, -0.15) is 0 Å². The van der Waals surface area contributed by atoms with Crippen LogP contribution in [0.25, 0.3) is 0 Å². The molecule has 3 nitrogen and oxygen atoms in total. The van der Waals surface area contributed by atoms with Crippen LogP contribution >= 0.6 is 0 Å². The van der Waals surface area contributed by atoms with E-state index in [1.165, 1.54) is 12.8 Å². The average Bonchev–Trinajstić information content (AvgIpc) is 2.85. The number of imidazole rings is 1. The molecule has 1 aliphatic carbocycles. The van der Waals surface area contributed by atoms with Crippen LogP contribution in [0, 0.1) is 11.8 Å². The van der Waals surface area contributed by atoms with E-state index in [0.29, 0.717) is 11.7 Å². The maximum absolute atomic E-state index is 12.3. The highest BCUT2D eigenvalue weighted by atomic mass is 32.2. The molecular weight excluding hydrogens is 244 g/mol. The summed E-state index contributed by atoms with van der Waals surface area (Å²) < 4.78 is 12.3. The van der Waals surface area contributed by atoms with E-state index in [0.717, 1.165) is 16.5 Å². The second kappa shape index (κ2) is 6.25. The Kier molecular flexibility index (Phi) is 4.66. The van der Waals surface area contributed by atoms with Crippen molar-refractivity contribution in [2.45, 2.75) is 32.4 Å². The molecule has 0 radical (unpaired) electrons. The van der Waals surface area contributed by atoms with E-state index in [-0.39, 0.29) is 0 Å². The minimum Gasteiger partial charge on any atom is -0.611 e. The Bertz CT molecular complexity index is 425. The van der Waals surface area contributed by atoms with Crippen molar-refractivity contribution in [1.29, 1.82) is 0 Å². The van der Waals surface area contributed by atoms with Crippen LogP contribution in [-0.4, -0.2) is 14.5 Å². The van der Waals surface area contributed by atoms with E-state index in [1.54, 1.807) is 12.5 Å². The van der Waals surface area contributed by atoms with Gasteiger partial charge in [-0.25, -0.2) is 4.98 Å². The fourth-order valence-corrected chi connectivity index (χ4v) is 3.32. The number of allylic oxidation sites excluding steroid dienone is 3. The van der Waals surface area contributed by atoms with Gasteiger partial charge >= 0.3 is 0 Å². The van der Waals surface area contributed by atoms with E-state index in [1.807, 2.05) is 19.1 Å². The molecule has 0 bridgehead atoms. The average molecular weight is 264 g/mol. The highest BCUT2D eigenvalue weighted by molar-refractivity contribution is 7.94. The molecule has 0 spiro atoms. The van der Waals surface area contributed by atoms with E-state index in [2.05, 4.69) is 23.0 Å². The molecule has 2 rings (SSSR count). The Morgan fingerprint density at radius 1 is 1.61 bits per heavy atom. The molecule has 4 heteroatoms. The molecule has 98 valence electrons. The maximum Gasteiger partial charge on any atom is 0.154 e. The van der Waals surface area contributed by atoms with Crippen LogP contribution in [0.3, 0.4) is 0 Å². The van der Waals surface area contributed by atoms with Gasteiger partial charge in [0.25, 0.3) is 0 Å². The number of nitrogens with zero attached hydrogens (tertiary/aromatic N) is 1. The first-order valence-electron chi connectivity index (χ1n) is 6.41. The highest BCUT2D eigenvalue weighted by Crippen LogP contribution is 2.36. The third-order valence-electron chi connectivity index (χ3n) is 3.49. The Labute approximate surface area is 112 Å². The SMILES string of the molecule is C/C=C\C(=C/C1CCC1C)[S+]([O-])Cc1c[nH]cn1. The maximum atomic E-state index is 12.3. The number of hydrogen-bond acceptors (Lipinski definition) is 2. The summed E-state index contributed by atoms with van der Waals surface area (Å²) in [5.41, 5.74) is 0.852. The van der Waals surface area contributed by atoms with Crippen molar-refractivity contribution >= 4 is 11.2 Å². The van der Waals surface area contributed by atoms with Crippen molar-refractivity contribution in [3.05, 3.63) is 41.4 Å². The van der Waals surface area contributed by atoms with Crippen LogP contribution in [0.4, 0.5) is 0 Å². The lowest BCUT2D eigenvalue weighted by Gasteiger charge is -2.31. The summed E-state index contributed by atoms with van der Waals surface area (Å²) in [4.78, 5) is 7.96. The van der Waals surface area contributed by atoms with Gasteiger partial charge in [-0.3, -0.25) is 0 Å². The molecule has 0 saturated heterocycles. The van der Waals surface area contributed by atoms with Gasteiger partial charge < -0.3 is 9.54 Å². The zero-order valence-electron chi connectivity index (χ0n) is 10.9. The molecule has 1 aromatic rings. The lowest BCUT2D eigenvalue weighted by atomic mass is 9.75. The Morgan fingerprint density at radius 3 is 2.94 bits per heavy atom. The van der Waals surface area contributed by atoms with Crippen LogP contribution in [-0.2, 0) is 16.9 Å². The number of H-pyrrole nitrogens is 1. The van der Waals surface area contributed by atoms with Gasteiger partial charge in [0.15, 0.2) is 5.75 Å². The molecule has 3 atom stereocenters. The molecule has 1 aromatic heterocycles. The summed E-state index contributed by atoms with van der Waals surface area (Å²) in [6.07, 6.45) is 12.1. The summed E-state index contributed by atoms with van der Waals surface area (Å²) in [5, 5.41) is 0. The minimum atomic E-state index is -0.998. The highest BCUT2D eigenvalue weighted by Gasteiger charge is 2.27. The van der Waals surface area contributed by atoms with Gasteiger partial charge in [0.2, 0.25) is 0 Å². The van der Waals surface area contributed by atoms with Crippen molar-refractivity contribution in [3.8, 4) is 0 Å². The molecule has 0 amide bonds. The third-order valence-corrected chi connectivity index (χ3v) is 4.85. The molecule has 3 unspecified atom stereocenters. The molecule has 1 saturated carbocycles. The second-order valence-corrected chi connectivity index (χ2v) is 6.29. The molecule has 0 aliphatic heterocycles. The first-order chi connectivity index (χ1) is 8.70. The Balaban J connectivity index is 2.04. The molecular formula is C14H20N2OS. The van der Waals surface area contributed by atoms with Crippen molar-refractivity contribution < 1.29 is 4.55 Å². The first kappa shape index (κ1) is 13.4. The van der Waals surface area contributed by atoms with Crippen LogP contribution in [0.1, 0.15) is 32.4 Å². The fraction of sp³-hybridized carbons (Fsp3) is 0.500. The third kappa shape index (κ3) is 3.27. The normalized spacial score (nSPS) is 26.3. The summed E-state index contributed by atoms with van der Waals surface area (Å²) in [6.45, 7) is 4.22. The van der Waals surface area contributed by atoms with E-state index >= 15 is 0 Å². The van der Waals surface area contributed by atoms with Gasteiger partial charge in [0, 0.05) is 6.20 Å². The standard InChI is InChI=1S/C14H20N2OS/c1-3-4-14(7-12-6-5-11(12)2)18(17)9-13-8-15-10-16-13/h3-4,7-8,10-12H,5-6,9H2,1-2H3,(H,15,16)/b4-3-,14-7+. The molecule has 1 heterocycles. The molecule has 18 heavy (non-hydrogen) atoms. The number of nitrogens with one attached hydrogen (secondary N) is 1. The van der Waals surface area contributed by atoms with Gasteiger partial charge in [0.1, 0.15) is 10.6 Å². The number of hydrogen-bond donors (Lipinski definition) is 1. The molecule has 1 aliphatic rings. The van der Waals surface area contributed by atoms with Crippen molar-refractivity contribution in [3.63, 3.8) is 0 Å². The van der Waals surface area contributed by atoms with Gasteiger partial charge in [0.05, 0.1) is 6.33 Å². The quantitative estimate of drug-likeness (QED) is 0.656. The number of rotatable bonds is 5. The van der Waals surface area contributed by atoms with Crippen molar-refractivity contribution in [1.82, 2.24) is 9.97 Å². The summed E-state index contributed by atoms with van der Waals surface area (Å²) >= 11 is -0.998. The predicted molar refractivity (Wildman–Crippen MR) is 75.2 cm³/mol. The van der Waals surface area contributed by atoms with Crippen LogP contribution in [0.15, 0.2) is 35.7 Å². The van der Waals surface area contributed by atoms with Crippen LogP contribution in [0.5, 0.6) is 0 Å². The monoisotopic (exact) mass is 264 g/mol. The summed E-state index contributed by atoms with van der Waals surface area (Å²) in [6, 6.07) is 0. The number of aromatic nitrogens is 2.